The minimum atomic E-state index is -0.146. The van der Waals surface area contributed by atoms with Gasteiger partial charge in [0, 0.05) is 37.1 Å². The number of amides is 1. The first kappa shape index (κ1) is 13.9. The van der Waals surface area contributed by atoms with E-state index in [4.69, 9.17) is 10.5 Å². The van der Waals surface area contributed by atoms with Crippen LogP contribution in [0.2, 0.25) is 0 Å². The Kier molecular flexibility index (Phi) is 5.00. The predicted octanol–water partition coefficient (Wildman–Crippen LogP) is 1.12. The summed E-state index contributed by atoms with van der Waals surface area (Å²) in [7, 11) is 0. The number of carbonyl (C=O) groups is 1. The van der Waals surface area contributed by atoms with Gasteiger partial charge in [-0.05, 0) is 18.6 Å². The maximum atomic E-state index is 11.6. The minimum Gasteiger partial charge on any atom is -0.484 e. The summed E-state index contributed by atoms with van der Waals surface area (Å²) >= 11 is 0. The van der Waals surface area contributed by atoms with E-state index in [1.807, 2.05) is 0 Å². The van der Waals surface area contributed by atoms with Gasteiger partial charge in [0.05, 0.1) is 0 Å². The number of aromatic amines is 1. The van der Waals surface area contributed by atoms with Crippen LogP contribution in [0.25, 0.3) is 0 Å². The second-order valence-corrected chi connectivity index (χ2v) is 4.35. The number of rotatable bonds is 7. The lowest BCUT2D eigenvalue weighted by Crippen LogP contribution is -2.29. The zero-order valence-corrected chi connectivity index (χ0v) is 11.1. The van der Waals surface area contributed by atoms with Crippen molar-refractivity contribution in [2.24, 2.45) is 0 Å². The second-order valence-electron chi connectivity index (χ2n) is 4.35. The maximum absolute atomic E-state index is 11.6. The molecule has 2 rings (SSSR count). The first-order valence-corrected chi connectivity index (χ1v) is 6.47. The highest BCUT2D eigenvalue weighted by atomic mass is 16.5. The number of ether oxygens (including phenoxy) is 1. The molecule has 1 heterocycles. The van der Waals surface area contributed by atoms with Crippen LogP contribution in [-0.2, 0) is 11.2 Å². The van der Waals surface area contributed by atoms with E-state index in [1.54, 1.807) is 36.7 Å². The molecule has 0 spiro atoms. The molecule has 2 aromatic rings. The predicted molar refractivity (Wildman–Crippen MR) is 76.3 cm³/mol. The summed E-state index contributed by atoms with van der Waals surface area (Å²) < 4.78 is 5.34. The Morgan fingerprint density at radius 1 is 1.45 bits per heavy atom. The fraction of sp³-hybridized carbons (Fsp3) is 0.286. The van der Waals surface area contributed by atoms with E-state index >= 15 is 0 Å². The fourth-order valence-electron chi connectivity index (χ4n) is 1.72. The highest BCUT2D eigenvalue weighted by Gasteiger charge is 2.03. The second kappa shape index (κ2) is 7.18. The number of imidazole rings is 1. The number of nitrogens with two attached hydrogens (primary N) is 1. The summed E-state index contributed by atoms with van der Waals surface area (Å²) in [5.41, 5.74) is 6.23. The molecular weight excluding hydrogens is 256 g/mol. The fourth-order valence-corrected chi connectivity index (χ4v) is 1.72. The molecule has 0 bridgehead atoms. The van der Waals surface area contributed by atoms with Crippen LogP contribution in [-0.4, -0.2) is 29.0 Å². The normalized spacial score (nSPS) is 10.2. The Hall–Kier alpha value is -2.50. The first-order chi connectivity index (χ1) is 9.74. The molecule has 0 unspecified atom stereocenters. The average Bonchev–Trinajstić information content (AvgIpc) is 2.95. The van der Waals surface area contributed by atoms with Crippen LogP contribution in [0.4, 0.5) is 5.69 Å². The molecule has 1 aromatic heterocycles. The van der Waals surface area contributed by atoms with Crippen molar-refractivity contribution in [1.29, 1.82) is 0 Å². The largest absolute Gasteiger partial charge is 0.484 e. The Balaban J connectivity index is 1.61. The molecule has 6 heteroatoms. The number of hydrogen-bond acceptors (Lipinski definition) is 4. The van der Waals surface area contributed by atoms with Crippen molar-refractivity contribution in [2.45, 2.75) is 12.8 Å². The zero-order chi connectivity index (χ0) is 14.2. The van der Waals surface area contributed by atoms with Gasteiger partial charge in [-0.2, -0.15) is 0 Å². The monoisotopic (exact) mass is 274 g/mol. The molecule has 0 saturated carbocycles. The Bertz CT molecular complexity index is 540. The van der Waals surface area contributed by atoms with Crippen molar-refractivity contribution in [3.63, 3.8) is 0 Å². The molecule has 1 amide bonds. The summed E-state index contributed by atoms with van der Waals surface area (Å²) in [5.74, 6) is 1.37. The van der Waals surface area contributed by atoms with Crippen LogP contribution in [0.15, 0.2) is 36.7 Å². The highest BCUT2D eigenvalue weighted by Crippen LogP contribution is 2.13. The number of H-pyrrole nitrogens is 1. The SMILES string of the molecule is Nc1cccc(OCC(=O)NCCCc2ncc[nH]2)c1. The average molecular weight is 274 g/mol. The van der Waals surface area contributed by atoms with Crippen LogP contribution >= 0.6 is 0 Å². The van der Waals surface area contributed by atoms with Crippen LogP contribution in [0.5, 0.6) is 5.75 Å². The van der Waals surface area contributed by atoms with E-state index in [0.29, 0.717) is 18.0 Å². The number of aryl methyl sites for hydroxylation is 1. The molecular formula is C14H18N4O2. The van der Waals surface area contributed by atoms with Gasteiger partial charge < -0.3 is 20.8 Å². The summed E-state index contributed by atoms with van der Waals surface area (Å²) in [5, 5.41) is 2.79. The smallest absolute Gasteiger partial charge is 0.257 e. The van der Waals surface area contributed by atoms with Crippen molar-refractivity contribution in [1.82, 2.24) is 15.3 Å². The third-order valence-electron chi connectivity index (χ3n) is 2.70. The molecule has 4 N–H and O–H groups in total. The lowest BCUT2D eigenvalue weighted by molar-refractivity contribution is -0.123. The van der Waals surface area contributed by atoms with Crippen molar-refractivity contribution < 1.29 is 9.53 Å². The van der Waals surface area contributed by atoms with Crippen LogP contribution in [0.1, 0.15) is 12.2 Å². The number of nitrogens with one attached hydrogen (secondary N) is 2. The minimum absolute atomic E-state index is 0.00972. The summed E-state index contributed by atoms with van der Waals surface area (Å²) in [6.07, 6.45) is 5.14. The molecule has 0 atom stereocenters. The number of carbonyl (C=O) groups excluding carboxylic acids is 1. The Morgan fingerprint density at radius 2 is 2.35 bits per heavy atom. The van der Waals surface area contributed by atoms with Crippen molar-refractivity contribution in [2.75, 3.05) is 18.9 Å². The lowest BCUT2D eigenvalue weighted by Gasteiger charge is -2.07. The van der Waals surface area contributed by atoms with E-state index in [0.717, 1.165) is 18.7 Å². The molecule has 0 aliphatic rings. The Morgan fingerprint density at radius 3 is 3.10 bits per heavy atom. The van der Waals surface area contributed by atoms with Crippen molar-refractivity contribution >= 4 is 11.6 Å². The number of nitrogen functional groups attached to an aromatic ring is 1. The number of benzene rings is 1. The van der Waals surface area contributed by atoms with E-state index in [2.05, 4.69) is 15.3 Å². The number of hydrogen-bond donors (Lipinski definition) is 3. The number of anilines is 1. The quantitative estimate of drug-likeness (QED) is 0.521. The van der Waals surface area contributed by atoms with Gasteiger partial charge in [0.15, 0.2) is 6.61 Å². The van der Waals surface area contributed by atoms with E-state index in [9.17, 15) is 4.79 Å². The van der Waals surface area contributed by atoms with Gasteiger partial charge in [-0.1, -0.05) is 6.07 Å². The van der Waals surface area contributed by atoms with E-state index in [-0.39, 0.29) is 12.5 Å². The third-order valence-corrected chi connectivity index (χ3v) is 2.70. The van der Waals surface area contributed by atoms with E-state index < -0.39 is 0 Å². The maximum Gasteiger partial charge on any atom is 0.257 e. The molecule has 106 valence electrons. The molecule has 1 aromatic carbocycles. The summed E-state index contributed by atoms with van der Waals surface area (Å²) in [4.78, 5) is 18.7. The topological polar surface area (TPSA) is 93.0 Å². The van der Waals surface area contributed by atoms with E-state index in [1.165, 1.54) is 0 Å². The van der Waals surface area contributed by atoms with Gasteiger partial charge in [-0.25, -0.2) is 4.98 Å². The lowest BCUT2D eigenvalue weighted by atomic mass is 10.3. The summed E-state index contributed by atoms with van der Waals surface area (Å²) in [6.45, 7) is 0.587. The molecule has 0 aliphatic heterocycles. The standard InChI is InChI=1S/C14H18N4O2/c15-11-3-1-4-12(9-11)20-10-14(19)18-6-2-5-13-16-7-8-17-13/h1,3-4,7-9H,2,5-6,10,15H2,(H,16,17)(H,18,19). The molecule has 0 radical (unpaired) electrons. The van der Waals surface area contributed by atoms with Gasteiger partial charge in [-0.15, -0.1) is 0 Å². The number of nitrogens with zero attached hydrogens (tertiary/aromatic N) is 1. The van der Waals surface area contributed by atoms with Gasteiger partial charge in [0.2, 0.25) is 0 Å². The number of aromatic nitrogens is 2. The first-order valence-electron chi connectivity index (χ1n) is 6.47. The molecule has 0 aliphatic carbocycles. The van der Waals surface area contributed by atoms with Gasteiger partial charge in [0.25, 0.3) is 5.91 Å². The van der Waals surface area contributed by atoms with Gasteiger partial charge in [-0.3, -0.25) is 4.79 Å². The molecule has 0 fully saturated rings. The Labute approximate surface area is 117 Å². The van der Waals surface area contributed by atoms with Crippen LogP contribution < -0.4 is 15.8 Å². The highest BCUT2D eigenvalue weighted by molar-refractivity contribution is 5.77. The van der Waals surface area contributed by atoms with Crippen molar-refractivity contribution in [3.8, 4) is 5.75 Å². The summed E-state index contributed by atoms with van der Waals surface area (Å²) in [6, 6.07) is 7.00. The van der Waals surface area contributed by atoms with Gasteiger partial charge in [0.1, 0.15) is 11.6 Å². The van der Waals surface area contributed by atoms with Crippen molar-refractivity contribution in [3.05, 3.63) is 42.5 Å². The third kappa shape index (κ3) is 4.64. The van der Waals surface area contributed by atoms with Crippen LogP contribution in [0.3, 0.4) is 0 Å². The molecule has 20 heavy (non-hydrogen) atoms. The molecule has 6 nitrogen and oxygen atoms in total. The zero-order valence-electron chi connectivity index (χ0n) is 11.1. The van der Waals surface area contributed by atoms with Crippen LogP contribution in [0, 0.1) is 0 Å². The van der Waals surface area contributed by atoms with Gasteiger partial charge >= 0.3 is 0 Å². The molecule has 0 saturated heterocycles.